The molecule has 0 spiro atoms. The molecular formula is C23H22F4N6O. The third kappa shape index (κ3) is 4.05. The van der Waals surface area contributed by atoms with Crippen LogP contribution in [0.25, 0.3) is 28.1 Å². The molecule has 1 aliphatic rings. The highest BCUT2D eigenvalue weighted by Crippen LogP contribution is 2.39. The smallest absolute Gasteiger partial charge is 0.408 e. The number of hydrogen-bond acceptors (Lipinski definition) is 6. The van der Waals surface area contributed by atoms with Crippen LogP contribution in [0.1, 0.15) is 24.9 Å². The van der Waals surface area contributed by atoms with E-state index in [9.17, 15) is 17.6 Å². The predicted molar refractivity (Wildman–Crippen MR) is 118 cm³/mol. The zero-order chi connectivity index (χ0) is 24.0. The van der Waals surface area contributed by atoms with Crippen molar-refractivity contribution in [2.24, 2.45) is 5.73 Å². The molecule has 5 rings (SSSR count). The Bertz CT molecular complexity index is 1350. The van der Waals surface area contributed by atoms with Crippen LogP contribution < -0.4 is 10.5 Å². The van der Waals surface area contributed by atoms with Gasteiger partial charge in [-0.1, -0.05) is 12.1 Å². The first-order chi connectivity index (χ1) is 16.2. The molecule has 0 bridgehead atoms. The maximum absolute atomic E-state index is 14.2. The summed E-state index contributed by atoms with van der Waals surface area (Å²) in [6.07, 6.45) is -2.57. The molecule has 0 aliphatic carbocycles. The highest BCUT2D eigenvalue weighted by atomic mass is 19.4. The van der Waals surface area contributed by atoms with Gasteiger partial charge in [-0.05, 0) is 37.1 Å². The molecule has 34 heavy (non-hydrogen) atoms. The van der Waals surface area contributed by atoms with Gasteiger partial charge in [0.1, 0.15) is 11.7 Å². The molecule has 4 heterocycles. The van der Waals surface area contributed by atoms with E-state index < -0.39 is 18.0 Å². The monoisotopic (exact) mass is 474 g/mol. The predicted octanol–water partition coefficient (Wildman–Crippen LogP) is 4.12. The SMILES string of the molecule is CCOc1cc2nc(-c3nnc4ccc([C@@H](N5CC[C@@H](N)C5)C(F)(F)F)cn34)ccc2cc1F. The van der Waals surface area contributed by atoms with Crippen LogP contribution in [0, 0.1) is 5.82 Å². The highest BCUT2D eigenvalue weighted by molar-refractivity contribution is 5.82. The number of benzene rings is 1. The number of halogens is 4. The molecule has 3 aromatic heterocycles. The summed E-state index contributed by atoms with van der Waals surface area (Å²) in [7, 11) is 0. The topological polar surface area (TPSA) is 81.6 Å². The summed E-state index contributed by atoms with van der Waals surface area (Å²) in [6.45, 7) is 2.48. The molecule has 7 nitrogen and oxygen atoms in total. The fraction of sp³-hybridized carbons (Fsp3) is 0.348. The number of fused-ring (bicyclic) bond motifs is 2. The van der Waals surface area contributed by atoms with Crippen LogP contribution in [0.15, 0.2) is 42.6 Å². The molecule has 0 unspecified atom stereocenters. The Morgan fingerprint density at radius 1 is 1.18 bits per heavy atom. The second-order valence-electron chi connectivity index (χ2n) is 8.31. The van der Waals surface area contributed by atoms with Gasteiger partial charge >= 0.3 is 6.18 Å². The minimum Gasteiger partial charge on any atom is -0.491 e. The molecule has 178 valence electrons. The first kappa shape index (κ1) is 22.5. The minimum absolute atomic E-state index is 0.0663. The van der Waals surface area contributed by atoms with Crippen molar-refractivity contribution in [3.05, 3.63) is 54.0 Å². The number of nitrogens with two attached hydrogens (primary N) is 1. The lowest BCUT2D eigenvalue weighted by Crippen LogP contribution is -2.38. The summed E-state index contributed by atoms with van der Waals surface area (Å²) in [5.41, 5.74) is 7.17. The molecule has 2 atom stereocenters. The number of pyridine rings is 2. The Labute approximate surface area is 192 Å². The maximum atomic E-state index is 14.2. The van der Waals surface area contributed by atoms with E-state index in [1.165, 1.54) is 39.8 Å². The molecular weight excluding hydrogens is 452 g/mol. The fourth-order valence-corrected chi connectivity index (χ4v) is 4.42. The minimum atomic E-state index is -4.48. The Balaban J connectivity index is 1.59. The van der Waals surface area contributed by atoms with Crippen LogP contribution in [-0.4, -0.2) is 56.4 Å². The van der Waals surface area contributed by atoms with Crippen LogP contribution in [0.2, 0.25) is 0 Å². The third-order valence-electron chi connectivity index (χ3n) is 5.94. The van der Waals surface area contributed by atoms with E-state index in [1.54, 1.807) is 19.1 Å². The van der Waals surface area contributed by atoms with Gasteiger partial charge in [0.05, 0.1) is 12.1 Å². The Kier molecular flexibility index (Phi) is 5.61. The van der Waals surface area contributed by atoms with Crippen LogP contribution in [0.3, 0.4) is 0 Å². The normalized spacial score (nSPS) is 18.1. The van der Waals surface area contributed by atoms with E-state index in [0.29, 0.717) is 35.3 Å². The van der Waals surface area contributed by atoms with Gasteiger partial charge in [0.25, 0.3) is 0 Å². The lowest BCUT2D eigenvalue weighted by atomic mass is 10.1. The molecule has 2 N–H and O–H groups in total. The van der Waals surface area contributed by atoms with Crippen molar-refractivity contribution in [3.8, 4) is 17.3 Å². The largest absolute Gasteiger partial charge is 0.491 e. The summed E-state index contributed by atoms with van der Waals surface area (Å²) < 4.78 is 63.2. The molecule has 11 heteroatoms. The van der Waals surface area contributed by atoms with Gasteiger partial charge < -0.3 is 10.5 Å². The van der Waals surface area contributed by atoms with Gasteiger partial charge in [0.2, 0.25) is 0 Å². The second kappa shape index (κ2) is 8.48. The first-order valence-electron chi connectivity index (χ1n) is 10.9. The molecule has 1 aliphatic heterocycles. The quantitative estimate of drug-likeness (QED) is 0.439. The number of ether oxygens (including phenoxy) is 1. The van der Waals surface area contributed by atoms with Crippen molar-refractivity contribution < 1.29 is 22.3 Å². The summed E-state index contributed by atoms with van der Waals surface area (Å²) >= 11 is 0. The van der Waals surface area contributed by atoms with Crippen molar-refractivity contribution in [2.75, 3.05) is 19.7 Å². The molecule has 1 saturated heterocycles. The zero-order valence-corrected chi connectivity index (χ0v) is 18.3. The standard InChI is InChI=1S/C23H22F4N6O/c1-2-34-19-10-18-13(9-16(19)24)3-5-17(29-18)22-31-30-20-6-4-14(11-33(20)22)21(23(25,26)27)32-8-7-15(28)12-32/h3-6,9-11,15,21H,2,7-8,12,28H2,1H3/t15-,21-/m1/s1. The second-order valence-corrected chi connectivity index (χ2v) is 8.31. The first-order valence-corrected chi connectivity index (χ1v) is 10.9. The number of aromatic nitrogens is 4. The van der Waals surface area contributed by atoms with E-state index in [1.807, 2.05) is 0 Å². The van der Waals surface area contributed by atoms with E-state index in [2.05, 4.69) is 15.2 Å². The number of rotatable bonds is 5. The highest BCUT2D eigenvalue weighted by Gasteiger charge is 2.46. The van der Waals surface area contributed by atoms with Crippen LogP contribution in [0.4, 0.5) is 17.6 Å². The van der Waals surface area contributed by atoms with Crippen molar-refractivity contribution in [1.29, 1.82) is 0 Å². The van der Waals surface area contributed by atoms with Crippen LogP contribution in [0.5, 0.6) is 5.75 Å². The number of hydrogen-bond donors (Lipinski definition) is 1. The van der Waals surface area contributed by atoms with Gasteiger partial charge in [-0.3, -0.25) is 9.30 Å². The van der Waals surface area contributed by atoms with Gasteiger partial charge in [-0.15, -0.1) is 10.2 Å². The van der Waals surface area contributed by atoms with E-state index in [-0.39, 0.29) is 36.3 Å². The van der Waals surface area contributed by atoms with Crippen molar-refractivity contribution in [1.82, 2.24) is 24.5 Å². The van der Waals surface area contributed by atoms with Crippen molar-refractivity contribution in [2.45, 2.75) is 31.6 Å². The third-order valence-corrected chi connectivity index (χ3v) is 5.94. The Hall–Kier alpha value is -3.31. The average Bonchev–Trinajstić information content (AvgIpc) is 3.39. The summed E-state index contributed by atoms with van der Waals surface area (Å²) in [5.74, 6) is -0.147. The molecule has 4 aromatic rings. The zero-order valence-electron chi connectivity index (χ0n) is 18.3. The van der Waals surface area contributed by atoms with Gasteiger partial charge in [0, 0.05) is 36.8 Å². The Morgan fingerprint density at radius 3 is 2.71 bits per heavy atom. The van der Waals surface area contributed by atoms with Crippen LogP contribution in [-0.2, 0) is 0 Å². The van der Waals surface area contributed by atoms with Gasteiger partial charge in [-0.25, -0.2) is 9.37 Å². The summed E-state index contributed by atoms with van der Waals surface area (Å²) in [4.78, 5) is 5.90. The molecule has 1 fully saturated rings. The van der Waals surface area contributed by atoms with E-state index in [0.717, 1.165) is 0 Å². The maximum Gasteiger partial charge on any atom is 0.408 e. The van der Waals surface area contributed by atoms with E-state index >= 15 is 0 Å². The summed E-state index contributed by atoms with van der Waals surface area (Å²) in [5, 5.41) is 8.79. The Morgan fingerprint density at radius 2 is 2.00 bits per heavy atom. The molecule has 0 saturated carbocycles. The fourth-order valence-electron chi connectivity index (χ4n) is 4.42. The van der Waals surface area contributed by atoms with Gasteiger partial charge in [-0.2, -0.15) is 13.2 Å². The average molecular weight is 474 g/mol. The van der Waals surface area contributed by atoms with Crippen LogP contribution >= 0.6 is 0 Å². The number of likely N-dealkylation sites (tertiary alicyclic amines) is 1. The van der Waals surface area contributed by atoms with Crippen molar-refractivity contribution >= 4 is 16.6 Å². The van der Waals surface area contributed by atoms with Gasteiger partial charge in [0.15, 0.2) is 23.0 Å². The lowest BCUT2D eigenvalue weighted by Gasteiger charge is -2.30. The van der Waals surface area contributed by atoms with E-state index in [4.69, 9.17) is 10.5 Å². The number of alkyl halides is 3. The lowest BCUT2D eigenvalue weighted by molar-refractivity contribution is -0.183. The number of nitrogens with zero attached hydrogens (tertiary/aromatic N) is 5. The molecule has 0 radical (unpaired) electrons. The molecule has 1 aromatic carbocycles. The molecule has 0 amide bonds. The summed E-state index contributed by atoms with van der Waals surface area (Å²) in [6, 6.07) is 6.96. The van der Waals surface area contributed by atoms with Crippen molar-refractivity contribution in [3.63, 3.8) is 0 Å².